The Morgan fingerprint density at radius 2 is 1.76 bits per heavy atom. The number of alkyl halides is 3. The Labute approximate surface area is 139 Å². The Hall–Kier alpha value is -2.51. The molecule has 1 saturated carbocycles. The van der Waals surface area contributed by atoms with Crippen molar-refractivity contribution >= 4 is 5.91 Å². The number of halogens is 5. The summed E-state index contributed by atoms with van der Waals surface area (Å²) in [5.41, 5.74) is -2.06. The lowest BCUT2D eigenvalue weighted by Gasteiger charge is -2.37. The van der Waals surface area contributed by atoms with Crippen molar-refractivity contribution in [3.05, 3.63) is 65.0 Å². The Kier molecular flexibility index (Phi) is 4.45. The number of nitrogens with one attached hydrogen (secondary N) is 1. The number of carbonyl (C=O) groups is 1. The maximum absolute atomic E-state index is 13.9. The lowest BCUT2D eigenvalue weighted by molar-refractivity contribution is -0.141. The SMILES string of the molecule is O=C(N[C@H]1CC[C@H]1c1c(F)cccc1F)c1cccnc1C(F)(F)F. The van der Waals surface area contributed by atoms with E-state index < -0.39 is 46.9 Å². The Morgan fingerprint density at radius 3 is 2.32 bits per heavy atom. The topological polar surface area (TPSA) is 42.0 Å². The maximum atomic E-state index is 13.9. The van der Waals surface area contributed by atoms with Crippen LogP contribution in [0.2, 0.25) is 0 Å². The summed E-state index contributed by atoms with van der Waals surface area (Å²) in [4.78, 5) is 15.4. The second kappa shape index (κ2) is 6.42. The van der Waals surface area contributed by atoms with Crippen LogP contribution in [0.1, 0.15) is 40.4 Å². The minimum absolute atomic E-state index is 0.152. The molecular weight excluding hydrogens is 343 g/mol. The molecule has 2 aromatic rings. The van der Waals surface area contributed by atoms with Crippen LogP contribution in [-0.4, -0.2) is 16.9 Å². The van der Waals surface area contributed by atoms with Gasteiger partial charge in [-0.3, -0.25) is 9.78 Å². The Morgan fingerprint density at radius 1 is 1.08 bits per heavy atom. The van der Waals surface area contributed by atoms with Gasteiger partial charge in [0.2, 0.25) is 0 Å². The normalized spacial score (nSPS) is 20.0. The molecule has 0 spiro atoms. The van der Waals surface area contributed by atoms with Gasteiger partial charge in [0.05, 0.1) is 5.56 Å². The van der Waals surface area contributed by atoms with E-state index in [-0.39, 0.29) is 5.56 Å². The van der Waals surface area contributed by atoms with E-state index in [1.807, 2.05) is 0 Å². The number of carbonyl (C=O) groups excluding carboxylic acids is 1. The third kappa shape index (κ3) is 3.33. The van der Waals surface area contributed by atoms with Gasteiger partial charge in [0, 0.05) is 23.7 Å². The molecule has 1 fully saturated rings. The maximum Gasteiger partial charge on any atom is 0.434 e. The molecule has 2 atom stereocenters. The molecule has 1 amide bonds. The zero-order valence-corrected chi connectivity index (χ0v) is 12.8. The van der Waals surface area contributed by atoms with Crippen LogP contribution in [0, 0.1) is 11.6 Å². The fraction of sp³-hybridized carbons (Fsp3) is 0.294. The smallest absolute Gasteiger partial charge is 0.349 e. The monoisotopic (exact) mass is 356 g/mol. The standard InChI is InChI=1S/C17H13F5N2O/c18-11-4-1-5-12(19)14(11)9-6-7-13(9)24-16(25)10-3-2-8-23-15(10)17(20,21)22/h1-5,8-9,13H,6-7H2,(H,24,25)/t9-,13+/m1/s1. The van der Waals surface area contributed by atoms with Gasteiger partial charge < -0.3 is 5.32 Å². The highest BCUT2D eigenvalue weighted by Crippen LogP contribution is 2.40. The van der Waals surface area contributed by atoms with Crippen molar-refractivity contribution in [2.24, 2.45) is 0 Å². The van der Waals surface area contributed by atoms with E-state index in [0.717, 1.165) is 24.4 Å². The third-order valence-electron chi connectivity index (χ3n) is 4.28. The van der Waals surface area contributed by atoms with Gasteiger partial charge in [-0.2, -0.15) is 13.2 Å². The average Bonchev–Trinajstić information content (AvgIpc) is 2.54. The van der Waals surface area contributed by atoms with Crippen molar-refractivity contribution in [2.45, 2.75) is 31.0 Å². The number of nitrogens with zero attached hydrogens (tertiary/aromatic N) is 1. The summed E-state index contributed by atoms with van der Waals surface area (Å²) in [5, 5.41) is 2.44. The summed E-state index contributed by atoms with van der Waals surface area (Å²) in [6, 6.07) is 5.05. The van der Waals surface area contributed by atoms with E-state index in [0.29, 0.717) is 12.8 Å². The molecule has 0 radical (unpaired) electrons. The first-order valence-electron chi connectivity index (χ1n) is 7.56. The van der Waals surface area contributed by atoms with E-state index in [4.69, 9.17) is 0 Å². The molecule has 1 aliphatic carbocycles. The molecule has 1 N–H and O–H groups in total. The van der Waals surface area contributed by atoms with Crippen LogP contribution >= 0.6 is 0 Å². The molecule has 1 aromatic heterocycles. The van der Waals surface area contributed by atoms with Gasteiger partial charge >= 0.3 is 6.18 Å². The molecule has 1 heterocycles. The van der Waals surface area contributed by atoms with Gasteiger partial charge in [0.1, 0.15) is 11.6 Å². The molecule has 3 nitrogen and oxygen atoms in total. The van der Waals surface area contributed by atoms with E-state index in [1.54, 1.807) is 0 Å². The lowest BCUT2D eigenvalue weighted by Crippen LogP contribution is -2.46. The summed E-state index contributed by atoms with van der Waals surface area (Å²) in [5.74, 6) is -3.05. The Balaban J connectivity index is 1.81. The molecule has 25 heavy (non-hydrogen) atoms. The fourth-order valence-corrected chi connectivity index (χ4v) is 2.94. The first kappa shape index (κ1) is 17.3. The fourth-order valence-electron chi connectivity index (χ4n) is 2.94. The van der Waals surface area contributed by atoms with Gasteiger partial charge in [-0.25, -0.2) is 8.78 Å². The van der Waals surface area contributed by atoms with Gasteiger partial charge in [0.25, 0.3) is 5.91 Å². The summed E-state index contributed by atoms with van der Waals surface area (Å²) < 4.78 is 66.6. The number of hydrogen-bond acceptors (Lipinski definition) is 2. The molecule has 0 unspecified atom stereocenters. The van der Waals surface area contributed by atoms with E-state index in [2.05, 4.69) is 10.3 Å². The summed E-state index contributed by atoms with van der Waals surface area (Å²) >= 11 is 0. The van der Waals surface area contributed by atoms with Crippen LogP contribution in [0.15, 0.2) is 36.5 Å². The second-order valence-electron chi connectivity index (χ2n) is 5.80. The highest BCUT2D eigenvalue weighted by atomic mass is 19.4. The molecule has 0 aliphatic heterocycles. The highest BCUT2D eigenvalue weighted by molar-refractivity contribution is 5.95. The largest absolute Gasteiger partial charge is 0.434 e. The third-order valence-corrected chi connectivity index (χ3v) is 4.28. The zero-order chi connectivity index (χ0) is 18.2. The number of benzene rings is 1. The summed E-state index contributed by atoms with van der Waals surface area (Å²) in [6.07, 6.45) is -2.97. The molecule has 1 aliphatic rings. The average molecular weight is 356 g/mol. The molecule has 0 saturated heterocycles. The van der Waals surface area contributed by atoms with Gasteiger partial charge in [-0.15, -0.1) is 0 Å². The van der Waals surface area contributed by atoms with Crippen LogP contribution in [0.3, 0.4) is 0 Å². The number of rotatable bonds is 3. The summed E-state index contributed by atoms with van der Waals surface area (Å²) in [7, 11) is 0. The predicted octanol–water partition coefficient (Wildman–Crippen LogP) is 4.05. The number of aromatic nitrogens is 1. The van der Waals surface area contributed by atoms with Crippen molar-refractivity contribution in [3.8, 4) is 0 Å². The molecular formula is C17H13F5N2O. The lowest BCUT2D eigenvalue weighted by atomic mass is 9.74. The summed E-state index contributed by atoms with van der Waals surface area (Å²) in [6.45, 7) is 0. The first-order chi connectivity index (χ1) is 11.8. The van der Waals surface area contributed by atoms with Crippen molar-refractivity contribution in [1.82, 2.24) is 10.3 Å². The van der Waals surface area contributed by atoms with Crippen molar-refractivity contribution < 1.29 is 26.7 Å². The number of pyridine rings is 1. The minimum Gasteiger partial charge on any atom is -0.349 e. The molecule has 3 rings (SSSR count). The zero-order valence-electron chi connectivity index (χ0n) is 12.8. The van der Waals surface area contributed by atoms with Crippen LogP contribution in [0.5, 0.6) is 0 Å². The molecule has 0 bridgehead atoms. The van der Waals surface area contributed by atoms with Crippen molar-refractivity contribution in [2.75, 3.05) is 0 Å². The Bertz CT molecular complexity index is 786. The predicted molar refractivity (Wildman–Crippen MR) is 78.8 cm³/mol. The number of hydrogen-bond donors (Lipinski definition) is 1. The van der Waals surface area contributed by atoms with Gasteiger partial charge in [-0.1, -0.05) is 6.07 Å². The van der Waals surface area contributed by atoms with Crippen LogP contribution in [0.4, 0.5) is 22.0 Å². The van der Waals surface area contributed by atoms with Crippen LogP contribution in [-0.2, 0) is 6.18 Å². The van der Waals surface area contributed by atoms with E-state index >= 15 is 0 Å². The van der Waals surface area contributed by atoms with Gasteiger partial charge in [0.15, 0.2) is 5.69 Å². The quantitative estimate of drug-likeness (QED) is 0.843. The highest BCUT2D eigenvalue weighted by Gasteiger charge is 2.40. The second-order valence-corrected chi connectivity index (χ2v) is 5.80. The molecule has 8 heteroatoms. The molecule has 132 valence electrons. The van der Waals surface area contributed by atoms with Gasteiger partial charge in [-0.05, 0) is 37.1 Å². The number of amides is 1. The van der Waals surface area contributed by atoms with Crippen LogP contribution in [0.25, 0.3) is 0 Å². The van der Waals surface area contributed by atoms with E-state index in [1.165, 1.54) is 12.1 Å². The molecule has 1 aromatic carbocycles. The van der Waals surface area contributed by atoms with Crippen molar-refractivity contribution in [3.63, 3.8) is 0 Å². The van der Waals surface area contributed by atoms with E-state index in [9.17, 15) is 26.7 Å². The van der Waals surface area contributed by atoms with Crippen molar-refractivity contribution in [1.29, 1.82) is 0 Å². The van der Waals surface area contributed by atoms with Crippen LogP contribution < -0.4 is 5.32 Å². The minimum atomic E-state index is -4.77. The first-order valence-corrected chi connectivity index (χ1v) is 7.56.